The lowest BCUT2D eigenvalue weighted by atomic mass is 10.1. The van der Waals surface area contributed by atoms with Crippen molar-refractivity contribution in [3.05, 3.63) is 44.8 Å². The van der Waals surface area contributed by atoms with E-state index in [0.717, 1.165) is 22.1 Å². The maximum Gasteiger partial charge on any atom is 0.131 e. The van der Waals surface area contributed by atoms with E-state index in [4.69, 9.17) is 0 Å². The molecular formula is C14H13BrFNS. The molecule has 1 fully saturated rings. The Morgan fingerprint density at radius 2 is 2.11 bits per heavy atom. The summed E-state index contributed by atoms with van der Waals surface area (Å²) in [5.74, 6) is -0.163. The van der Waals surface area contributed by atoms with Gasteiger partial charge in [0.25, 0.3) is 0 Å². The topological polar surface area (TPSA) is 12.0 Å². The Balaban J connectivity index is 1.87. The van der Waals surface area contributed by atoms with Crippen LogP contribution in [0.4, 0.5) is 4.39 Å². The summed E-state index contributed by atoms with van der Waals surface area (Å²) in [6.07, 6.45) is 2.54. The lowest BCUT2D eigenvalue weighted by Gasteiger charge is -2.07. The van der Waals surface area contributed by atoms with Gasteiger partial charge in [0.15, 0.2) is 0 Å². The summed E-state index contributed by atoms with van der Waals surface area (Å²) < 4.78 is 14.8. The second kappa shape index (κ2) is 5.11. The Morgan fingerprint density at radius 3 is 2.78 bits per heavy atom. The normalized spacial score (nSPS) is 15.0. The number of nitrogens with one attached hydrogen (secondary N) is 1. The molecule has 0 atom stereocenters. The summed E-state index contributed by atoms with van der Waals surface area (Å²) >= 11 is 5.04. The van der Waals surface area contributed by atoms with Gasteiger partial charge in [0.2, 0.25) is 0 Å². The molecule has 0 spiro atoms. The van der Waals surface area contributed by atoms with Gasteiger partial charge in [0.05, 0.1) is 0 Å². The first kappa shape index (κ1) is 12.3. The number of rotatable bonds is 4. The number of thiophene rings is 1. The molecule has 0 unspecified atom stereocenters. The van der Waals surface area contributed by atoms with Gasteiger partial charge in [0.1, 0.15) is 5.82 Å². The van der Waals surface area contributed by atoms with Crippen molar-refractivity contribution >= 4 is 27.3 Å². The Morgan fingerprint density at radius 1 is 1.28 bits per heavy atom. The van der Waals surface area contributed by atoms with Crippen LogP contribution < -0.4 is 5.32 Å². The van der Waals surface area contributed by atoms with Gasteiger partial charge in [-0.3, -0.25) is 0 Å². The SMILES string of the molecule is Fc1ccc(CNC2CC2)cc1-c1cscc1Br. The third-order valence-corrected chi connectivity index (χ3v) is 4.81. The van der Waals surface area contributed by atoms with E-state index < -0.39 is 0 Å². The Kier molecular flexibility index (Phi) is 3.50. The molecule has 1 N–H and O–H groups in total. The van der Waals surface area contributed by atoms with Crippen LogP contribution in [-0.4, -0.2) is 6.04 Å². The third kappa shape index (κ3) is 2.66. The summed E-state index contributed by atoms with van der Waals surface area (Å²) in [5.41, 5.74) is 2.75. The van der Waals surface area contributed by atoms with E-state index in [1.54, 1.807) is 17.4 Å². The van der Waals surface area contributed by atoms with Gasteiger partial charge in [-0.15, -0.1) is 0 Å². The van der Waals surface area contributed by atoms with Gasteiger partial charge in [-0.25, -0.2) is 4.39 Å². The zero-order chi connectivity index (χ0) is 12.5. The molecular weight excluding hydrogens is 313 g/mol. The highest BCUT2D eigenvalue weighted by Crippen LogP contribution is 2.33. The Bertz CT molecular complexity index is 563. The smallest absolute Gasteiger partial charge is 0.131 e. The van der Waals surface area contributed by atoms with E-state index in [1.165, 1.54) is 12.8 Å². The first-order valence-electron chi connectivity index (χ1n) is 5.98. The van der Waals surface area contributed by atoms with Crippen LogP contribution in [0.5, 0.6) is 0 Å². The predicted octanol–water partition coefficient (Wildman–Crippen LogP) is 4.57. The first-order valence-corrected chi connectivity index (χ1v) is 7.71. The lowest BCUT2D eigenvalue weighted by Crippen LogP contribution is -2.15. The molecule has 0 bridgehead atoms. The van der Waals surface area contributed by atoms with Gasteiger partial charge in [-0.05, 0) is 51.8 Å². The van der Waals surface area contributed by atoms with Crippen molar-refractivity contribution in [1.82, 2.24) is 5.32 Å². The molecule has 0 aliphatic heterocycles. The van der Waals surface area contributed by atoms with Crippen LogP contribution >= 0.6 is 27.3 Å². The summed E-state index contributed by atoms with van der Waals surface area (Å²) in [6, 6.07) is 6.03. The minimum Gasteiger partial charge on any atom is -0.310 e. The van der Waals surface area contributed by atoms with Crippen molar-refractivity contribution in [3.8, 4) is 11.1 Å². The van der Waals surface area contributed by atoms with Crippen LogP contribution in [-0.2, 0) is 6.54 Å². The average Bonchev–Trinajstić information content (AvgIpc) is 3.10. The van der Waals surface area contributed by atoms with E-state index in [2.05, 4.69) is 21.2 Å². The summed E-state index contributed by atoms with van der Waals surface area (Å²) in [6.45, 7) is 0.819. The molecule has 1 heterocycles. The zero-order valence-electron chi connectivity index (χ0n) is 9.75. The minimum atomic E-state index is -0.163. The maximum absolute atomic E-state index is 13.9. The molecule has 1 aromatic carbocycles. The standard InChI is InChI=1S/C14H13BrFNS/c15-13-8-18-7-12(13)11-5-9(1-4-14(11)16)6-17-10-2-3-10/h1,4-5,7-8,10,17H,2-3,6H2. The summed E-state index contributed by atoms with van der Waals surface area (Å²) in [7, 11) is 0. The lowest BCUT2D eigenvalue weighted by molar-refractivity contribution is 0.628. The molecule has 0 amide bonds. The van der Waals surface area contributed by atoms with E-state index in [0.29, 0.717) is 11.6 Å². The largest absolute Gasteiger partial charge is 0.310 e. The molecule has 2 aromatic rings. The van der Waals surface area contributed by atoms with Crippen molar-refractivity contribution in [2.75, 3.05) is 0 Å². The highest BCUT2D eigenvalue weighted by Gasteiger charge is 2.20. The maximum atomic E-state index is 13.9. The molecule has 1 aliphatic carbocycles. The Labute approximate surface area is 118 Å². The van der Waals surface area contributed by atoms with Crippen molar-refractivity contribution in [2.24, 2.45) is 0 Å². The van der Waals surface area contributed by atoms with Crippen molar-refractivity contribution in [2.45, 2.75) is 25.4 Å². The van der Waals surface area contributed by atoms with Crippen molar-refractivity contribution < 1.29 is 4.39 Å². The molecule has 3 rings (SSSR count). The van der Waals surface area contributed by atoms with E-state index in [-0.39, 0.29) is 5.82 Å². The molecule has 1 aromatic heterocycles. The minimum absolute atomic E-state index is 0.163. The van der Waals surface area contributed by atoms with E-state index in [9.17, 15) is 4.39 Å². The molecule has 4 heteroatoms. The molecule has 1 saturated carbocycles. The highest BCUT2D eigenvalue weighted by molar-refractivity contribution is 9.10. The molecule has 1 nitrogen and oxygen atoms in total. The average molecular weight is 326 g/mol. The van der Waals surface area contributed by atoms with Gasteiger partial charge >= 0.3 is 0 Å². The van der Waals surface area contributed by atoms with Crippen molar-refractivity contribution in [1.29, 1.82) is 0 Å². The van der Waals surface area contributed by atoms with E-state index in [1.807, 2.05) is 22.9 Å². The van der Waals surface area contributed by atoms with Crippen LogP contribution in [0.3, 0.4) is 0 Å². The Hall–Kier alpha value is -0.710. The zero-order valence-corrected chi connectivity index (χ0v) is 12.2. The molecule has 94 valence electrons. The summed E-state index contributed by atoms with van der Waals surface area (Å²) in [4.78, 5) is 0. The second-order valence-electron chi connectivity index (χ2n) is 4.60. The summed E-state index contributed by atoms with van der Waals surface area (Å²) in [5, 5.41) is 7.40. The molecule has 18 heavy (non-hydrogen) atoms. The fraction of sp³-hybridized carbons (Fsp3) is 0.286. The number of hydrogen-bond donors (Lipinski definition) is 1. The van der Waals surface area contributed by atoms with E-state index >= 15 is 0 Å². The third-order valence-electron chi connectivity index (χ3n) is 3.11. The monoisotopic (exact) mass is 325 g/mol. The number of halogens is 2. The molecule has 0 saturated heterocycles. The first-order chi connectivity index (χ1) is 8.74. The molecule has 1 aliphatic rings. The highest BCUT2D eigenvalue weighted by atomic mass is 79.9. The van der Waals surface area contributed by atoms with Crippen LogP contribution in [0.15, 0.2) is 33.4 Å². The van der Waals surface area contributed by atoms with Crippen LogP contribution in [0.2, 0.25) is 0 Å². The molecule has 0 radical (unpaired) electrons. The van der Waals surface area contributed by atoms with Crippen LogP contribution in [0.1, 0.15) is 18.4 Å². The quantitative estimate of drug-likeness (QED) is 0.868. The number of benzene rings is 1. The number of hydrogen-bond acceptors (Lipinski definition) is 2. The van der Waals surface area contributed by atoms with Crippen LogP contribution in [0, 0.1) is 5.82 Å². The second-order valence-corrected chi connectivity index (χ2v) is 6.20. The van der Waals surface area contributed by atoms with Gasteiger partial charge in [-0.2, -0.15) is 11.3 Å². The fourth-order valence-electron chi connectivity index (χ4n) is 1.91. The van der Waals surface area contributed by atoms with Gasteiger partial charge < -0.3 is 5.32 Å². The van der Waals surface area contributed by atoms with Gasteiger partial charge in [0, 0.05) is 33.6 Å². The predicted molar refractivity (Wildman–Crippen MR) is 77.3 cm³/mol. The fourth-order valence-corrected chi connectivity index (χ4v) is 3.42. The van der Waals surface area contributed by atoms with Gasteiger partial charge in [-0.1, -0.05) is 6.07 Å². The van der Waals surface area contributed by atoms with Crippen molar-refractivity contribution in [3.63, 3.8) is 0 Å². The van der Waals surface area contributed by atoms with Crippen LogP contribution in [0.25, 0.3) is 11.1 Å².